The molecule has 0 radical (unpaired) electrons. The number of hydrogen-bond acceptors (Lipinski definition) is 4. The third-order valence-electron chi connectivity index (χ3n) is 2.66. The first-order valence-electron chi connectivity index (χ1n) is 6.47. The molecule has 106 valence electrons. The van der Waals surface area contributed by atoms with E-state index in [-0.39, 0.29) is 24.5 Å². The van der Waals surface area contributed by atoms with Gasteiger partial charge in [-0.3, -0.25) is 14.3 Å². The van der Waals surface area contributed by atoms with Crippen LogP contribution in [-0.4, -0.2) is 45.8 Å². The molecule has 0 saturated heterocycles. The van der Waals surface area contributed by atoms with Crippen LogP contribution in [0.4, 0.5) is 0 Å². The summed E-state index contributed by atoms with van der Waals surface area (Å²) in [6.07, 6.45) is 3.79. The summed E-state index contributed by atoms with van der Waals surface area (Å²) in [4.78, 5) is 25.1. The molecule has 1 aromatic heterocycles. The normalized spacial score (nSPS) is 10.5. The number of rotatable bonds is 7. The van der Waals surface area contributed by atoms with Gasteiger partial charge >= 0.3 is 5.97 Å². The van der Waals surface area contributed by atoms with Crippen LogP contribution in [0.15, 0.2) is 18.5 Å². The van der Waals surface area contributed by atoms with E-state index in [2.05, 4.69) is 5.10 Å². The Labute approximate surface area is 113 Å². The second kappa shape index (κ2) is 7.56. The zero-order valence-corrected chi connectivity index (χ0v) is 11.7. The molecule has 0 aliphatic heterocycles. The van der Waals surface area contributed by atoms with Gasteiger partial charge in [-0.05, 0) is 26.8 Å². The molecular weight excluding hydrogens is 246 g/mol. The fraction of sp³-hybridized carbons (Fsp3) is 0.615. The number of nitrogens with zero attached hydrogens (tertiary/aromatic N) is 3. The average Bonchev–Trinajstić information content (AvgIpc) is 2.86. The minimum Gasteiger partial charge on any atom is -0.465 e. The van der Waals surface area contributed by atoms with Crippen LogP contribution in [0.5, 0.6) is 0 Å². The van der Waals surface area contributed by atoms with Gasteiger partial charge in [-0.15, -0.1) is 0 Å². The van der Waals surface area contributed by atoms with E-state index < -0.39 is 0 Å². The molecule has 0 atom stereocenters. The summed E-state index contributed by atoms with van der Waals surface area (Å²) in [6, 6.07) is 1.78. The number of hydrogen-bond donors (Lipinski definition) is 0. The Bertz CT molecular complexity index is 401. The summed E-state index contributed by atoms with van der Waals surface area (Å²) in [5, 5.41) is 4.04. The molecule has 1 rings (SSSR count). The van der Waals surface area contributed by atoms with Crippen molar-refractivity contribution >= 4 is 11.9 Å². The van der Waals surface area contributed by atoms with E-state index >= 15 is 0 Å². The molecule has 1 heterocycles. The molecule has 0 N–H and O–H groups in total. The predicted molar refractivity (Wildman–Crippen MR) is 70.3 cm³/mol. The molecule has 0 fully saturated rings. The SMILES string of the molecule is CCOC(=O)CN(C(=O)CCn1cccn1)C(C)C. The third-order valence-corrected chi connectivity index (χ3v) is 2.66. The fourth-order valence-corrected chi connectivity index (χ4v) is 1.69. The molecule has 0 spiro atoms. The summed E-state index contributed by atoms with van der Waals surface area (Å²) in [6.45, 7) is 6.35. The average molecular weight is 267 g/mol. The van der Waals surface area contributed by atoms with Crippen LogP contribution in [0.2, 0.25) is 0 Å². The van der Waals surface area contributed by atoms with Crippen LogP contribution >= 0.6 is 0 Å². The number of aryl methyl sites for hydroxylation is 1. The Morgan fingerprint density at radius 2 is 2.16 bits per heavy atom. The van der Waals surface area contributed by atoms with Crippen molar-refractivity contribution in [1.82, 2.24) is 14.7 Å². The highest BCUT2D eigenvalue weighted by Gasteiger charge is 2.20. The molecule has 1 amide bonds. The van der Waals surface area contributed by atoms with Gasteiger partial charge in [0.1, 0.15) is 6.54 Å². The standard InChI is InChI=1S/C13H21N3O3/c1-4-19-13(18)10-16(11(2)3)12(17)6-9-15-8-5-7-14-15/h5,7-8,11H,4,6,9-10H2,1-3H3. The Morgan fingerprint density at radius 1 is 1.42 bits per heavy atom. The number of carbonyl (C=O) groups is 2. The Hall–Kier alpha value is -1.85. The van der Waals surface area contributed by atoms with Crippen LogP contribution in [0.1, 0.15) is 27.2 Å². The Balaban J connectivity index is 2.50. The highest BCUT2D eigenvalue weighted by atomic mass is 16.5. The van der Waals surface area contributed by atoms with Crippen LogP contribution in [0.25, 0.3) is 0 Å². The number of aromatic nitrogens is 2. The summed E-state index contributed by atoms with van der Waals surface area (Å²) >= 11 is 0. The largest absolute Gasteiger partial charge is 0.465 e. The molecule has 0 aliphatic carbocycles. The lowest BCUT2D eigenvalue weighted by Gasteiger charge is -2.25. The molecular formula is C13H21N3O3. The lowest BCUT2D eigenvalue weighted by atomic mass is 10.2. The number of ether oxygens (including phenoxy) is 1. The maximum Gasteiger partial charge on any atom is 0.325 e. The smallest absolute Gasteiger partial charge is 0.325 e. The van der Waals surface area contributed by atoms with Gasteiger partial charge in [0.2, 0.25) is 5.91 Å². The second-order valence-corrected chi connectivity index (χ2v) is 4.44. The van der Waals surface area contributed by atoms with Crippen molar-refractivity contribution in [3.63, 3.8) is 0 Å². The number of carbonyl (C=O) groups excluding carboxylic acids is 2. The van der Waals surface area contributed by atoms with Gasteiger partial charge in [-0.1, -0.05) is 0 Å². The lowest BCUT2D eigenvalue weighted by molar-refractivity contribution is -0.150. The van der Waals surface area contributed by atoms with E-state index in [1.54, 1.807) is 24.0 Å². The Morgan fingerprint density at radius 3 is 2.68 bits per heavy atom. The van der Waals surface area contributed by atoms with E-state index in [9.17, 15) is 9.59 Å². The van der Waals surface area contributed by atoms with Gasteiger partial charge in [0.25, 0.3) is 0 Å². The maximum atomic E-state index is 12.1. The highest BCUT2D eigenvalue weighted by Crippen LogP contribution is 2.04. The van der Waals surface area contributed by atoms with Gasteiger partial charge in [0.15, 0.2) is 0 Å². The van der Waals surface area contributed by atoms with Crippen molar-refractivity contribution in [1.29, 1.82) is 0 Å². The summed E-state index contributed by atoms with van der Waals surface area (Å²) in [7, 11) is 0. The van der Waals surface area contributed by atoms with Crippen molar-refractivity contribution < 1.29 is 14.3 Å². The summed E-state index contributed by atoms with van der Waals surface area (Å²) in [5.41, 5.74) is 0. The van der Waals surface area contributed by atoms with Gasteiger partial charge in [-0.25, -0.2) is 0 Å². The van der Waals surface area contributed by atoms with Crippen LogP contribution in [0, 0.1) is 0 Å². The molecule has 6 nitrogen and oxygen atoms in total. The molecule has 0 aromatic carbocycles. The van der Waals surface area contributed by atoms with E-state index in [0.29, 0.717) is 19.6 Å². The molecule has 6 heteroatoms. The van der Waals surface area contributed by atoms with Crippen LogP contribution < -0.4 is 0 Å². The summed E-state index contributed by atoms with van der Waals surface area (Å²) < 4.78 is 6.57. The van der Waals surface area contributed by atoms with Crippen LogP contribution in [0.3, 0.4) is 0 Å². The van der Waals surface area contributed by atoms with E-state index in [1.807, 2.05) is 19.9 Å². The molecule has 19 heavy (non-hydrogen) atoms. The topological polar surface area (TPSA) is 64.4 Å². The van der Waals surface area contributed by atoms with Gasteiger partial charge in [0, 0.05) is 31.4 Å². The quantitative estimate of drug-likeness (QED) is 0.693. The monoisotopic (exact) mass is 267 g/mol. The lowest BCUT2D eigenvalue weighted by Crippen LogP contribution is -2.41. The van der Waals surface area contributed by atoms with Crippen molar-refractivity contribution in [2.75, 3.05) is 13.2 Å². The molecule has 0 unspecified atom stereocenters. The first kappa shape index (κ1) is 15.2. The highest BCUT2D eigenvalue weighted by molar-refractivity contribution is 5.82. The van der Waals surface area contributed by atoms with Gasteiger partial charge in [0.05, 0.1) is 6.61 Å². The van der Waals surface area contributed by atoms with Crippen molar-refractivity contribution in [2.45, 2.75) is 39.8 Å². The van der Waals surface area contributed by atoms with Crippen LogP contribution in [-0.2, 0) is 20.9 Å². The van der Waals surface area contributed by atoms with Crippen molar-refractivity contribution in [3.05, 3.63) is 18.5 Å². The molecule has 0 aliphatic rings. The van der Waals surface area contributed by atoms with E-state index in [0.717, 1.165) is 0 Å². The van der Waals surface area contributed by atoms with Gasteiger partial charge in [-0.2, -0.15) is 5.10 Å². The van der Waals surface area contributed by atoms with Crippen molar-refractivity contribution in [3.8, 4) is 0 Å². The summed E-state index contributed by atoms with van der Waals surface area (Å²) in [5.74, 6) is -0.442. The number of amides is 1. The molecule has 0 saturated carbocycles. The van der Waals surface area contributed by atoms with Gasteiger partial charge < -0.3 is 9.64 Å². The van der Waals surface area contributed by atoms with E-state index in [4.69, 9.17) is 4.74 Å². The predicted octanol–water partition coefficient (Wildman–Crippen LogP) is 1.07. The first-order chi connectivity index (χ1) is 9.04. The Kier molecular flexibility index (Phi) is 6.05. The van der Waals surface area contributed by atoms with E-state index in [1.165, 1.54) is 4.90 Å². The molecule has 0 bridgehead atoms. The maximum absolute atomic E-state index is 12.1. The zero-order chi connectivity index (χ0) is 14.3. The van der Waals surface area contributed by atoms with Crippen molar-refractivity contribution in [2.24, 2.45) is 0 Å². The zero-order valence-electron chi connectivity index (χ0n) is 11.7. The first-order valence-corrected chi connectivity index (χ1v) is 6.47. The minimum atomic E-state index is -0.372. The minimum absolute atomic E-state index is 0.00342. The third kappa shape index (κ3) is 5.11. The second-order valence-electron chi connectivity index (χ2n) is 4.44. The fourth-order valence-electron chi connectivity index (χ4n) is 1.69. The molecule has 1 aromatic rings. The number of esters is 1.